The molecule has 2 heterocycles. The van der Waals surface area contributed by atoms with Crippen LogP contribution in [-0.4, -0.2) is 83.8 Å². The van der Waals surface area contributed by atoms with Gasteiger partial charge in [0, 0.05) is 39.4 Å². The Kier molecular flexibility index (Phi) is 8.85. The fourth-order valence-corrected chi connectivity index (χ4v) is 5.08. The molecular formula is C26H36F3N3O6. The monoisotopic (exact) mass is 543 g/mol. The van der Waals surface area contributed by atoms with E-state index in [2.05, 4.69) is 0 Å². The molecule has 2 aliphatic rings. The van der Waals surface area contributed by atoms with Gasteiger partial charge in [-0.2, -0.15) is 13.2 Å². The molecule has 0 aliphatic carbocycles. The van der Waals surface area contributed by atoms with Crippen LogP contribution in [-0.2, 0) is 15.7 Å². The number of likely N-dealkylation sites (tertiary alicyclic amines) is 1. The molecular weight excluding hydrogens is 507 g/mol. The summed E-state index contributed by atoms with van der Waals surface area (Å²) in [6.07, 6.45) is -3.91. The first-order valence-electron chi connectivity index (χ1n) is 12.7. The Morgan fingerprint density at radius 3 is 2.53 bits per heavy atom. The summed E-state index contributed by atoms with van der Waals surface area (Å²) in [5.74, 6) is -1.43. The van der Waals surface area contributed by atoms with Gasteiger partial charge in [0.05, 0.1) is 22.9 Å². The highest BCUT2D eigenvalue weighted by atomic mass is 19.4. The zero-order valence-electron chi connectivity index (χ0n) is 22.4. The third-order valence-corrected chi connectivity index (χ3v) is 6.88. The van der Waals surface area contributed by atoms with E-state index in [4.69, 9.17) is 9.47 Å². The standard InChI is InChI=1S/C26H36F3N3O6/c1-16(2)32(17-9-8-10-30(15-17)24(35)36)22(33)18-13-20-21(14-19(18)26(27,28)29)38-25(3,4)23(34)31(20)11-6-7-12-37-5/h13-14,16-17H,6-12,15H2,1-5H3,(H,35,36)/t17-/m1/s1. The number of alkyl halides is 3. The molecule has 1 saturated heterocycles. The van der Waals surface area contributed by atoms with E-state index >= 15 is 0 Å². The molecule has 3 rings (SSSR count). The maximum absolute atomic E-state index is 14.3. The van der Waals surface area contributed by atoms with Gasteiger partial charge in [-0.05, 0) is 65.5 Å². The second-order valence-corrected chi connectivity index (χ2v) is 10.5. The second kappa shape index (κ2) is 11.4. The van der Waals surface area contributed by atoms with Gasteiger partial charge in [-0.3, -0.25) is 9.59 Å². The van der Waals surface area contributed by atoms with Gasteiger partial charge in [0.2, 0.25) is 0 Å². The SMILES string of the molecule is COCCCCN1C(=O)C(C)(C)Oc2cc(C(F)(F)F)c(C(=O)N(C(C)C)[C@@H]3CCCN(C(=O)O)C3)cc21. The summed E-state index contributed by atoms with van der Waals surface area (Å²) in [7, 11) is 1.55. The van der Waals surface area contributed by atoms with Crippen LogP contribution in [0.5, 0.6) is 5.75 Å². The van der Waals surface area contributed by atoms with Crippen molar-refractivity contribution in [1.82, 2.24) is 9.80 Å². The fraction of sp³-hybridized carbons (Fsp3) is 0.654. The molecule has 1 fully saturated rings. The number of anilines is 1. The molecule has 2 aliphatic heterocycles. The molecule has 1 atom stereocenters. The summed E-state index contributed by atoms with van der Waals surface area (Å²) < 4.78 is 53.7. The van der Waals surface area contributed by atoms with Crippen LogP contribution < -0.4 is 9.64 Å². The molecule has 0 unspecified atom stereocenters. The van der Waals surface area contributed by atoms with Crippen LogP contribution >= 0.6 is 0 Å². The molecule has 38 heavy (non-hydrogen) atoms. The van der Waals surface area contributed by atoms with E-state index in [9.17, 15) is 32.7 Å². The maximum atomic E-state index is 14.3. The predicted molar refractivity (Wildman–Crippen MR) is 134 cm³/mol. The smallest absolute Gasteiger partial charge is 0.417 e. The van der Waals surface area contributed by atoms with Crippen molar-refractivity contribution < 1.29 is 42.1 Å². The normalized spacial score (nSPS) is 19.3. The Balaban J connectivity index is 2.10. The Morgan fingerprint density at radius 2 is 1.95 bits per heavy atom. The number of fused-ring (bicyclic) bond motifs is 1. The molecule has 1 aromatic rings. The van der Waals surface area contributed by atoms with Crippen LogP contribution in [0.2, 0.25) is 0 Å². The highest BCUT2D eigenvalue weighted by Gasteiger charge is 2.45. The van der Waals surface area contributed by atoms with Gasteiger partial charge in [-0.15, -0.1) is 0 Å². The van der Waals surface area contributed by atoms with E-state index in [1.54, 1.807) is 21.0 Å². The van der Waals surface area contributed by atoms with Gasteiger partial charge in [0.15, 0.2) is 5.60 Å². The highest BCUT2D eigenvalue weighted by Crippen LogP contribution is 2.44. The van der Waals surface area contributed by atoms with Crippen LogP contribution in [0.25, 0.3) is 0 Å². The van der Waals surface area contributed by atoms with Crippen molar-refractivity contribution in [1.29, 1.82) is 0 Å². The second-order valence-electron chi connectivity index (χ2n) is 10.5. The van der Waals surface area contributed by atoms with Crippen LogP contribution in [0.1, 0.15) is 69.3 Å². The molecule has 0 radical (unpaired) electrons. The van der Waals surface area contributed by atoms with Gasteiger partial charge in [0.1, 0.15) is 5.75 Å². The Morgan fingerprint density at radius 1 is 1.26 bits per heavy atom. The fourth-order valence-electron chi connectivity index (χ4n) is 5.08. The summed E-state index contributed by atoms with van der Waals surface area (Å²) in [6.45, 7) is 7.32. The Labute approximate surface area is 220 Å². The summed E-state index contributed by atoms with van der Waals surface area (Å²) in [6, 6.07) is 0.797. The number of ether oxygens (including phenoxy) is 2. The lowest BCUT2D eigenvalue weighted by atomic mass is 9.96. The number of unbranched alkanes of at least 4 members (excludes halogenated alkanes) is 1. The van der Waals surface area contributed by atoms with Crippen molar-refractivity contribution in [2.75, 3.05) is 38.3 Å². The lowest BCUT2D eigenvalue weighted by Crippen LogP contribution is -2.54. The molecule has 0 spiro atoms. The van der Waals surface area contributed by atoms with Gasteiger partial charge >= 0.3 is 12.3 Å². The molecule has 1 aromatic carbocycles. The van der Waals surface area contributed by atoms with Crippen molar-refractivity contribution >= 4 is 23.6 Å². The first kappa shape index (κ1) is 29.5. The number of rotatable bonds is 8. The average molecular weight is 544 g/mol. The maximum Gasteiger partial charge on any atom is 0.417 e. The number of piperidine rings is 1. The minimum atomic E-state index is -4.87. The summed E-state index contributed by atoms with van der Waals surface area (Å²) in [5, 5.41) is 9.43. The number of nitrogens with zero attached hydrogens (tertiary/aromatic N) is 3. The van der Waals surface area contributed by atoms with Crippen LogP contribution in [0.4, 0.5) is 23.7 Å². The highest BCUT2D eigenvalue weighted by molar-refractivity contribution is 6.05. The average Bonchev–Trinajstić information content (AvgIpc) is 2.82. The van der Waals surface area contributed by atoms with Crippen molar-refractivity contribution in [2.24, 2.45) is 0 Å². The number of benzene rings is 1. The number of carboxylic acid groups (broad SMARTS) is 1. The summed E-state index contributed by atoms with van der Waals surface area (Å²) >= 11 is 0. The first-order valence-corrected chi connectivity index (χ1v) is 12.7. The summed E-state index contributed by atoms with van der Waals surface area (Å²) in [4.78, 5) is 42.5. The van der Waals surface area contributed by atoms with E-state index in [1.165, 1.54) is 28.5 Å². The van der Waals surface area contributed by atoms with Gasteiger partial charge < -0.3 is 29.3 Å². The van der Waals surface area contributed by atoms with Crippen LogP contribution in [0.15, 0.2) is 12.1 Å². The number of carbonyl (C=O) groups is 3. The zero-order chi connectivity index (χ0) is 28.4. The van der Waals surface area contributed by atoms with Crippen molar-refractivity contribution in [3.05, 3.63) is 23.3 Å². The Bertz CT molecular complexity index is 1060. The topological polar surface area (TPSA) is 99.6 Å². The largest absolute Gasteiger partial charge is 0.476 e. The lowest BCUT2D eigenvalue weighted by Gasteiger charge is -2.42. The number of carbonyl (C=O) groups excluding carboxylic acids is 2. The zero-order valence-corrected chi connectivity index (χ0v) is 22.4. The van der Waals surface area contributed by atoms with Crippen LogP contribution in [0, 0.1) is 0 Å². The molecule has 12 heteroatoms. The van der Waals surface area contributed by atoms with Crippen molar-refractivity contribution in [3.63, 3.8) is 0 Å². The molecule has 0 saturated carbocycles. The van der Waals surface area contributed by atoms with Gasteiger partial charge in [0.25, 0.3) is 11.8 Å². The lowest BCUT2D eigenvalue weighted by molar-refractivity contribution is -0.138. The quantitative estimate of drug-likeness (QED) is 0.480. The number of amides is 3. The number of hydrogen-bond donors (Lipinski definition) is 1. The van der Waals surface area contributed by atoms with E-state index < -0.39 is 52.9 Å². The first-order chi connectivity index (χ1) is 17.7. The molecule has 3 amide bonds. The van der Waals surface area contributed by atoms with E-state index in [1.807, 2.05) is 0 Å². The third kappa shape index (κ3) is 6.16. The van der Waals surface area contributed by atoms with E-state index in [0.717, 1.165) is 12.1 Å². The number of halogens is 3. The van der Waals surface area contributed by atoms with E-state index in [0.29, 0.717) is 38.8 Å². The van der Waals surface area contributed by atoms with Crippen molar-refractivity contribution in [2.45, 2.75) is 77.2 Å². The van der Waals surface area contributed by atoms with Gasteiger partial charge in [-0.25, -0.2) is 4.79 Å². The minimum Gasteiger partial charge on any atom is -0.476 e. The summed E-state index contributed by atoms with van der Waals surface area (Å²) in [5.41, 5.74) is -3.06. The molecule has 1 N–H and O–H groups in total. The number of methoxy groups -OCH3 is 1. The molecule has 0 bridgehead atoms. The third-order valence-electron chi connectivity index (χ3n) is 6.88. The predicted octanol–water partition coefficient (Wildman–Crippen LogP) is 4.63. The number of hydrogen-bond acceptors (Lipinski definition) is 5. The minimum absolute atomic E-state index is 0.00690. The van der Waals surface area contributed by atoms with Crippen LogP contribution in [0.3, 0.4) is 0 Å². The molecule has 212 valence electrons. The molecule has 0 aromatic heterocycles. The molecule has 9 nitrogen and oxygen atoms in total. The van der Waals surface area contributed by atoms with Crippen molar-refractivity contribution in [3.8, 4) is 5.75 Å². The van der Waals surface area contributed by atoms with E-state index in [-0.39, 0.29) is 24.5 Å². The van der Waals surface area contributed by atoms with Gasteiger partial charge in [-0.1, -0.05) is 0 Å². The Hall–Kier alpha value is -3.02.